The van der Waals surface area contributed by atoms with Crippen LogP contribution in [0, 0.1) is 0 Å². The molecule has 1 aromatic rings. The van der Waals surface area contributed by atoms with Gasteiger partial charge in [0.1, 0.15) is 5.76 Å². The van der Waals surface area contributed by atoms with Gasteiger partial charge < -0.3 is 5.11 Å². The summed E-state index contributed by atoms with van der Waals surface area (Å²) in [7, 11) is 0. The van der Waals surface area contributed by atoms with Crippen LogP contribution in [-0.2, 0) is 4.79 Å². The zero-order valence-corrected chi connectivity index (χ0v) is 7.88. The van der Waals surface area contributed by atoms with Gasteiger partial charge in [-0.2, -0.15) is 0 Å². The Labute approximate surface area is 81.5 Å². The summed E-state index contributed by atoms with van der Waals surface area (Å²) in [5.74, 6) is -0.310. The molecule has 0 aliphatic carbocycles. The molecule has 13 heavy (non-hydrogen) atoms. The second-order valence-electron chi connectivity index (χ2n) is 2.62. The number of rotatable bonds is 2. The highest BCUT2D eigenvalue weighted by molar-refractivity contribution is 6.32. The van der Waals surface area contributed by atoms with Crippen LogP contribution in [0.25, 0.3) is 5.76 Å². The average molecular weight is 197 g/mol. The molecule has 0 fully saturated rings. The van der Waals surface area contributed by atoms with Gasteiger partial charge in [0.15, 0.2) is 5.78 Å². The van der Waals surface area contributed by atoms with E-state index in [2.05, 4.69) is 0 Å². The second-order valence-corrected chi connectivity index (χ2v) is 3.03. The summed E-state index contributed by atoms with van der Waals surface area (Å²) in [4.78, 5) is 10.7. The Bertz CT molecular complexity index is 356. The van der Waals surface area contributed by atoms with Crippen LogP contribution in [-0.4, -0.2) is 10.9 Å². The molecule has 0 saturated heterocycles. The lowest BCUT2D eigenvalue weighted by molar-refractivity contribution is -0.112. The maximum atomic E-state index is 10.7. The van der Waals surface area contributed by atoms with Gasteiger partial charge in [0, 0.05) is 11.6 Å². The third kappa shape index (κ3) is 2.60. The maximum absolute atomic E-state index is 10.7. The van der Waals surface area contributed by atoms with Crippen molar-refractivity contribution in [2.24, 2.45) is 0 Å². The first kappa shape index (κ1) is 9.81. The molecule has 0 heterocycles. The van der Waals surface area contributed by atoms with E-state index in [0.717, 1.165) is 6.08 Å². The molecule has 1 N–H and O–H groups in total. The fourth-order valence-corrected chi connectivity index (χ4v) is 1.17. The van der Waals surface area contributed by atoms with Crippen molar-refractivity contribution in [3.63, 3.8) is 0 Å². The Kier molecular flexibility index (Phi) is 3.09. The Morgan fingerprint density at radius 1 is 1.46 bits per heavy atom. The molecule has 0 aliphatic rings. The van der Waals surface area contributed by atoms with E-state index in [-0.39, 0.29) is 11.5 Å². The fraction of sp³-hybridized carbons (Fsp3) is 0.100. The summed E-state index contributed by atoms with van der Waals surface area (Å²) >= 11 is 5.79. The van der Waals surface area contributed by atoms with Gasteiger partial charge in [0.25, 0.3) is 0 Å². The molecule has 3 heteroatoms. The predicted molar refractivity (Wildman–Crippen MR) is 52.7 cm³/mol. The van der Waals surface area contributed by atoms with Crippen LogP contribution >= 0.6 is 11.6 Å². The molecule has 0 aromatic heterocycles. The molecule has 0 radical (unpaired) electrons. The van der Waals surface area contributed by atoms with Crippen LogP contribution in [0.15, 0.2) is 30.3 Å². The molecule has 0 unspecified atom stereocenters. The van der Waals surface area contributed by atoms with E-state index < -0.39 is 0 Å². The van der Waals surface area contributed by atoms with Crippen molar-refractivity contribution in [2.45, 2.75) is 6.92 Å². The quantitative estimate of drug-likeness (QED) is 0.584. The SMILES string of the molecule is CC(=O)C=C(O)c1ccccc1Cl. The Morgan fingerprint density at radius 2 is 2.08 bits per heavy atom. The van der Waals surface area contributed by atoms with E-state index in [1.54, 1.807) is 24.3 Å². The molecule has 0 spiro atoms. The number of benzene rings is 1. The molecular weight excluding hydrogens is 188 g/mol. The van der Waals surface area contributed by atoms with Gasteiger partial charge in [-0.3, -0.25) is 4.79 Å². The largest absolute Gasteiger partial charge is 0.507 e. The first-order valence-electron chi connectivity index (χ1n) is 3.77. The van der Waals surface area contributed by atoms with Gasteiger partial charge in [-0.1, -0.05) is 23.7 Å². The Hall–Kier alpha value is -1.28. The smallest absolute Gasteiger partial charge is 0.156 e. The summed E-state index contributed by atoms with van der Waals surface area (Å²) in [5.41, 5.74) is 0.472. The molecular formula is C10H9ClO2. The van der Waals surface area contributed by atoms with Crippen molar-refractivity contribution in [3.8, 4) is 0 Å². The molecule has 1 aromatic carbocycles. The highest BCUT2D eigenvalue weighted by Gasteiger charge is 2.03. The lowest BCUT2D eigenvalue weighted by Gasteiger charge is -2.01. The summed E-state index contributed by atoms with van der Waals surface area (Å²) in [6.07, 6.45) is 1.14. The fourth-order valence-electron chi connectivity index (χ4n) is 0.939. The number of halogens is 1. The Balaban J connectivity index is 3.08. The number of hydrogen-bond donors (Lipinski definition) is 1. The van der Waals surface area contributed by atoms with Crippen molar-refractivity contribution in [1.82, 2.24) is 0 Å². The summed E-state index contributed by atoms with van der Waals surface area (Å²) in [6.45, 7) is 1.37. The van der Waals surface area contributed by atoms with Crippen LogP contribution in [0.3, 0.4) is 0 Å². The molecule has 0 aliphatic heterocycles. The minimum atomic E-state index is -0.211. The molecule has 0 bridgehead atoms. The van der Waals surface area contributed by atoms with E-state index in [0.29, 0.717) is 10.6 Å². The third-order valence-electron chi connectivity index (χ3n) is 1.49. The van der Waals surface area contributed by atoms with Gasteiger partial charge in [-0.25, -0.2) is 0 Å². The lowest BCUT2D eigenvalue weighted by Crippen LogP contribution is -1.89. The van der Waals surface area contributed by atoms with Crippen LogP contribution in [0.5, 0.6) is 0 Å². The predicted octanol–water partition coefficient (Wildman–Crippen LogP) is 2.83. The zero-order chi connectivity index (χ0) is 9.84. The number of allylic oxidation sites excluding steroid dienone is 1. The summed E-state index contributed by atoms with van der Waals surface area (Å²) in [5, 5.41) is 9.86. The summed E-state index contributed by atoms with van der Waals surface area (Å²) < 4.78 is 0. The van der Waals surface area contributed by atoms with Crippen LogP contribution in [0.4, 0.5) is 0 Å². The van der Waals surface area contributed by atoms with Crippen molar-refractivity contribution in [2.75, 3.05) is 0 Å². The zero-order valence-electron chi connectivity index (χ0n) is 7.12. The standard InChI is InChI=1S/C10H9ClO2/c1-7(12)6-10(13)8-4-2-3-5-9(8)11/h2-6,13H,1H3. The van der Waals surface area contributed by atoms with E-state index >= 15 is 0 Å². The van der Waals surface area contributed by atoms with Crippen molar-refractivity contribution < 1.29 is 9.90 Å². The highest BCUT2D eigenvalue weighted by Crippen LogP contribution is 2.21. The highest BCUT2D eigenvalue weighted by atomic mass is 35.5. The molecule has 0 atom stereocenters. The van der Waals surface area contributed by atoms with Gasteiger partial charge >= 0.3 is 0 Å². The maximum Gasteiger partial charge on any atom is 0.156 e. The van der Waals surface area contributed by atoms with E-state index in [1.807, 2.05) is 0 Å². The van der Waals surface area contributed by atoms with E-state index in [9.17, 15) is 9.90 Å². The van der Waals surface area contributed by atoms with Crippen molar-refractivity contribution in [3.05, 3.63) is 40.9 Å². The second kappa shape index (κ2) is 4.10. The van der Waals surface area contributed by atoms with Crippen LogP contribution in [0.2, 0.25) is 5.02 Å². The first-order chi connectivity index (χ1) is 6.11. The van der Waals surface area contributed by atoms with Gasteiger partial charge in [-0.15, -0.1) is 0 Å². The number of aliphatic hydroxyl groups is 1. The Morgan fingerprint density at radius 3 is 2.62 bits per heavy atom. The normalized spacial score (nSPS) is 11.4. The van der Waals surface area contributed by atoms with Gasteiger partial charge in [-0.05, 0) is 19.1 Å². The van der Waals surface area contributed by atoms with Crippen LogP contribution < -0.4 is 0 Å². The monoisotopic (exact) mass is 196 g/mol. The minimum absolute atomic E-state index is 0.0990. The number of carbonyl (C=O) groups excluding carboxylic acids is 1. The van der Waals surface area contributed by atoms with Gasteiger partial charge in [0.2, 0.25) is 0 Å². The van der Waals surface area contributed by atoms with Crippen molar-refractivity contribution >= 4 is 23.1 Å². The number of aliphatic hydroxyl groups excluding tert-OH is 1. The number of hydrogen-bond acceptors (Lipinski definition) is 2. The van der Waals surface area contributed by atoms with Crippen LogP contribution in [0.1, 0.15) is 12.5 Å². The number of ketones is 1. The molecule has 2 nitrogen and oxygen atoms in total. The lowest BCUT2D eigenvalue weighted by atomic mass is 10.1. The van der Waals surface area contributed by atoms with Crippen molar-refractivity contribution in [1.29, 1.82) is 0 Å². The average Bonchev–Trinajstić information content (AvgIpc) is 2.03. The third-order valence-corrected chi connectivity index (χ3v) is 1.82. The molecule has 0 amide bonds. The summed E-state index contributed by atoms with van der Waals surface area (Å²) in [6, 6.07) is 6.80. The number of carbonyl (C=O) groups is 1. The van der Waals surface area contributed by atoms with E-state index in [1.165, 1.54) is 6.92 Å². The van der Waals surface area contributed by atoms with E-state index in [4.69, 9.17) is 11.6 Å². The molecule has 0 saturated carbocycles. The minimum Gasteiger partial charge on any atom is -0.507 e. The first-order valence-corrected chi connectivity index (χ1v) is 4.15. The topological polar surface area (TPSA) is 37.3 Å². The molecule has 1 rings (SSSR count). The molecule has 68 valence electrons. The van der Waals surface area contributed by atoms with Gasteiger partial charge in [0.05, 0.1) is 5.02 Å².